The minimum atomic E-state index is -0.112. The largest absolute Gasteiger partial charge is 0.393 e. The first-order chi connectivity index (χ1) is 6.77. The van der Waals surface area contributed by atoms with Crippen LogP contribution in [0.1, 0.15) is 64.7 Å². The molecule has 1 N–H and O–H groups in total. The van der Waals surface area contributed by atoms with Gasteiger partial charge >= 0.3 is 0 Å². The minimum Gasteiger partial charge on any atom is -0.393 e. The molecule has 0 aliphatic carbocycles. The number of aliphatic hydroxyl groups excluding tert-OH is 1. The van der Waals surface area contributed by atoms with Gasteiger partial charge in [0, 0.05) is 5.88 Å². The molecule has 0 aromatic rings. The number of hydrogen-bond donors (Lipinski definition) is 1. The second-order valence-corrected chi connectivity index (χ2v) is 4.53. The van der Waals surface area contributed by atoms with E-state index < -0.39 is 0 Å². The lowest BCUT2D eigenvalue weighted by Crippen LogP contribution is -1.98. The van der Waals surface area contributed by atoms with Crippen LogP contribution >= 0.6 is 11.6 Å². The molecule has 1 atom stereocenters. The first-order valence-corrected chi connectivity index (χ1v) is 6.55. The highest BCUT2D eigenvalue weighted by Crippen LogP contribution is 2.10. The third kappa shape index (κ3) is 12.2. The Bertz CT molecular complexity index is 104. The lowest BCUT2D eigenvalue weighted by molar-refractivity contribution is 0.180. The van der Waals surface area contributed by atoms with Crippen molar-refractivity contribution in [2.75, 3.05) is 5.88 Å². The first kappa shape index (κ1) is 14.2. The van der Waals surface area contributed by atoms with E-state index in [0.29, 0.717) is 0 Å². The Morgan fingerprint density at radius 2 is 1.29 bits per heavy atom. The van der Waals surface area contributed by atoms with Crippen molar-refractivity contribution in [3.05, 3.63) is 0 Å². The molecular formula is C12H25ClO. The Morgan fingerprint density at radius 3 is 1.71 bits per heavy atom. The first-order valence-electron chi connectivity index (χ1n) is 6.01. The standard InChI is InChI=1S/C12H25ClO/c1-12(14)10-8-6-4-2-3-5-7-9-11-13/h12,14H,2-11H2,1H3/t12-/m1/s1. The number of hydrogen-bond acceptors (Lipinski definition) is 1. The molecule has 0 rings (SSSR count). The third-order valence-electron chi connectivity index (χ3n) is 2.51. The maximum absolute atomic E-state index is 9.04. The lowest BCUT2D eigenvalue weighted by Gasteiger charge is -2.03. The van der Waals surface area contributed by atoms with E-state index in [1.165, 1.54) is 51.4 Å². The van der Waals surface area contributed by atoms with Crippen LogP contribution in [-0.2, 0) is 0 Å². The van der Waals surface area contributed by atoms with Crippen LogP contribution in [0, 0.1) is 0 Å². The number of aliphatic hydroxyl groups is 1. The predicted molar refractivity (Wildman–Crippen MR) is 64.0 cm³/mol. The van der Waals surface area contributed by atoms with Gasteiger partial charge in [0.05, 0.1) is 6.10 Å². The van der Waals surface area contributed by atoms with Crippen molar-refractivity contribution in [1.29, 1.82) is 0 Å². The Balaban J connectivity index is 2.85. The van der Waals surface area contributed by atoms with Crippen molar-refractivity contribution in [3.63, 3.8) is 0 Å². The molecule has 0 saturated carbocycles. The number of halogens is 1. The summed E-state index contributed by atoms with van der Waals surface area (Å²) in [5.74, 6) is 0.814. The molecular weight excluding hydrogens is 196 g/mol. The Hall–Kier alpha value is 0.250. The van der Waals surface area contributed by atoms with Crippen LogP contribution in [0.4, 0.5) is 0 Å². The van der Waals surface area contributed by atoms with Crippen LogP contribution in [0.25, 0.3) is 0 Å². The molecule has 1 nitrogen and oxygen atoms in total. The maximum atomic E-state index is 9.04. The van der Waals surface area contributed by atoms with Crippen LogP contribution < -0.4 is 0 Å². The molecule has 2 heteroatoms. The highest BCUT2D eigenvalue weighted by molar-refractivity contribution is 6.17. The molecule has 0 amide bonds. The molecule has 0 radical (unpaired) electrons. The monoisotopic (exact) mass is 220 g/mol. The Kier molecular flexibility index (Phi) is 11.5. The molecule has 0 aromatic carbocycles. The number of alkyl halides is 1. The van der Waals surface area contributed by atoms with Crippen LogP contribution in [0.5, 0.6) is 0 Å². The summed E-state index contributed by atoms with van der Waals surface area (Å²) < 4.78 is 0. The SMILES string of the molecule is C[C@@H](O)CCCCCCCCCCCl. The zero-order chi connectivity index (χ0) is 10.6. The maximum Gasteiger partial charge on any atom is 0.0512 e. The van der Waals surface area contributed by atoms with Crippen LogP contribution in [0.15, 0.2) is 0 Å². The second kappa shape index (κ2) is 11.3. The summed E-state index contributed by atoms with van der Waals surface area (Å²) in [6.07, 6.45) is 11.1. The summed E-state index contributed by atoms with van der Waals surface area (Å²) in [4.78, 5) is 0. The summed E-state index contributed by atoms with van der Waals surface area (Å²) in [7, 11) is 0. The highest BCUT2D eigenvalue weighted by Gasteiger charge is 1.95. The van der Waals surface area contributed by atoms with Gasteiger partial charge in [-0.25, -0.2) is 0 Å². The summed E-state index contributed by atoms with van der Waals surface area (Å²) in [5.41, 5.74) is 0. The van der Waals surface area contributed by atoms with Crippen molar-refractivity contribution < 1.29 is 5.11 Å². The van der Waals surface area contributed by atoms with Gasteiger partial charge in [-0.3, -0.25) is 0 Å². The topological polar surface area (TPSA) is 20.2 Å². The zero-order valence-corrected chi connectivity index (χ0v) is 10.2. The third-order valence-corrected chi connectivity index (χ3v) is 2.77. The van der Waals surface area contributed by atoms with E-state index in [4.69, 9.17) is 16.7 Å². The smallest absolute Gasteiger partial charge is 0.0512 e. The Labute approximate surface area is 93.9 Å². The number of unbranched alkanes of at least 4 members (excludes halogenated alkanes) is 7. The molecule has 0 aromatic heterocycles. The fourth-order valence-corrected chi connectivity index (χ4v) is 1.78. The van der Waals surface area contributed by atoms with Crippen LogP contribution in [0.2, 0.25) is 0 Å². The van der Waals surface area contributed by atoms with Crippen molar-refractivity contribution in [2.24, 2.45) is 0 Å². The molecule has 0 spiro atoms. The molecule has 0 aliphatic heterocycles. The molecule has 0 saturated heterocycles. The van der Waals surface area contributed by atoms with E-state index in [9.17, 15) is 0 Å². The van der Waals surface area contributed by atoms with Crippen molar-refractivity contribution in [2.45, 2.75) is 70.8 Å². The molecule has 0 bridgehead atoms. The van der Waals surface area contributed by atoms with Gasteiger partial charge < -0.3 is 5.11 Å². The van der Waals surface area contributed by atoms with Gasteiger partial charge in [-0.2, -0.15) is 0 Å². The predicted octanol–water partition coefficient (Wildman–Crippen LogP) is 4.12. The average Bonchev–Trinajstić information content (AvgIpc) is 2.15. The number of rotatable bonds is 10. The van der Waals surface area contributed by atoms with Crippen molar-refractivity contribution in [3.8, 4) is 0 Å². The highest BCUT2D eigenvalue weighted by atomic mass is 35.5. The lowest BCUT2D eigenvalue weighted by atomic mass is 10.1. The molecule has 0 heterocycles. The van der Waals surface area contributed by atoms with Gasteiger partial charge in [-0.15, -0.1) is 11.6 Å². The molecule has 14 heavy (non-hydrogen) atoms. The van der Waals surface area contributed by atoms with E-state index in [-0.39, 0.29) is 6.10 Å². The van der Waals surface area contributed by atoms with Gasteiger partial charge in [0.15, 0.2) is 0 Å². The fourth-order valence-electron chi connectivity index (χ4n) is 1.59. The minimum absolute atomic E-state index is 0.112. The van der Waals surface area contributed by atoms with E-state index in [1.807, 2.05) is 6.92 Å². The molecule has 86 valence electrons. The van der Waals surface area contributed by atoms with E-state index >= 15 is 0 Å². The van der Waals surface area contributed by atoms with Crippen LogP contribution in [0.3, 0.4) is 0 Å². The van der Waals surface area contributed by atoms with Crippen molar-refractivity contribution in [1.82, 2.24) is 0 Å². The van der Waals surface area contributed by atoms with Crippen LogP contribution in [-0.4, -0.2) is 17.1 Å². The quantitative estimate of drug-likeness (QED) is 0.434. The normalized spacial score (nSPS) is 13.1. The van der Waals surface area contributed by atoms with Gasteiger partial charge in [0.25, 0.3) is 0 Å². The van der Waals surface area contributed by atoms with E-state index in [2.05, 4.69) is 0 Å². The second-order valence-electron chi connectivity index (χ2n) is 4.16. The summed E-state index contributed by atoms with van der Waals surface area (Å²) >= 11 is 5.59. The Morgan fingerprint density at radius 1 is 0.857 bits per heavy atom. The van der Waals surface area contributed by atoms with Gasteiger partial charge in [0.1, 0.15) is 0 Å². The zero-order valence-electron chi connectivity index (χ0n) is 9.47. The molecule has 0 aliphatic rings. The van der Waals surface area contributed by atoms with Crippen molar-refractivity contribution >= 4 is 11.6 Å². The average molecular weight is 221 g/mol. The van der Waals surface area contributed by atoms with E-state index in [0.717, 1.165) is 12.3 Å². The summed E-state index contributed by atoms with van der Waals surface area (Å²) in [6, 6.07) is 0. The summed E-state index contributed by atoms with van der Waals surface area (Å²) in [6.45, 7) is 1.87. The van der Waals surface area contributed by atoms with Gasteiger partial charge in [0.2, 0.25) is 0 Å². The molecule has 0 unspecified atom stereocenters. The summed E-state index contributed by atoms with van der Waals surface area (Å²) in [5, 5.41) is 9.04. The van der Waals surface area contributed by atoms with E-state index in [1.54, 1.807) is 0 Å². The van der Waals surface area contributed by atoms with Gasteiger partial charge in [-0.1, -0.05) is 44.9 Å². The fraction of sp³-hybridized carbons (Fsp3) is 1.00. The molecule has 0 fully saturated rings. The van der Waals surface area contributed by atoms with Gasteiger partial charge in [-0.05, 0) is 19.8 Å².